The number of nitrogens with two attached hydrogens (primary N) is 1. The minimum absolute atomic E-state index is 0.326. The summed E-state index contributed by atoms with van der Waals surface area (Å²) in [6.45, 7) is 2.72. The Morgan fingerprint density at radius 3 is 3.07 bits per heavy atom. The zero-order valence-corrected chi connectivity index (χ0v) is 9.37. The molecule has 0 fully saturated rings. The Morgan fingerprint density at radius 1 is 1.53 bits per heavy atom. The minimum Gasteiger partial charge on any atom is -0.330 e. The maximum atomic E-state index is 5.60. The SMILES string of the molecule is CC(CN)c1csc(-c2cccnc2)n1. The molecular formula is C11H13N3S. The maximum Gasteiger partial charge on any atom is 0.125 e. The van der Waals surface area contributed by atoms with Gasteiger partial charge in [0.2, 0.25) is 0 Å². The first-order valence-electron chi connectivity index (χ1n) is 4.87. The number of thiazole rings is 1. The molecule has 15 heavy (non-hydrogen) atoms. The summed E-state index contributed by atoms with van der Waals surface area (Å²) in [6, 6.07) is 3.94. The van der Waals surface area contributed by atoms with Gasteiger partial charge in [-0.3, -0.25) is 4.98 Å². The molecule has 4 heteroatoms. The third kappa shape index (κ3) is 2.22. The van der Waals surface area contributed by atoms with Gasteiger partial charge in [0.15, 0.2) is 0 Å². The summed E-state index contributed by atoms with van der Waals surface area (Å²) < 4.78 is 0. The molecule has 2 N–H and O–H groups in total. The Balaban J connectivity index is 2.28. The second-order valence-electron chi connectivity index (χ2n) is 3.46. The largest absolute Gasteiger partial charge is 0.330 e. The lowest BCUT2D eigenvalue weighted by molar-refractivity contribution is 0.752. The maximum absolute atomic E-state index is 5.60. The van der Waals surface area contributed by atoms with Crippen molar-refractivity contribution in [1.29, 1.82) is 0 Å². The quantitative estimate of drug-likeness (QED) is 0.861. The Hall–Kier alpha value is -1.26. The molecule has 2 rings (SSSR count). The highest BCUT2D eigenvalue weighted by atomic mass is 32.1. The second kappa shape index (κ2) is 4.51. The molecule has 1 atom stereocenters. The molecule has 0 radical (unpaired) electrons. The van der Waals surface area contributed by atoms with Crippen molar-refractivity contribution in [2.75, 3.05) is 6.54 Å². The van der Waals surface area contributed by atoms with E-state index in [0.29, 0.717) is 12.5 Å². The predicted molar refractivity (Wildman–Crippen MR) is 62.8 cm³/mol. The minimum atomic E-state index is 0.326. The van der Waals surface area contributed by atoms with Gasteiger partial charge in [-0.05, 0) is 12.1 Å². The van der Waals surface area contributed by atoms with Crippen LogP contribution in [0, 0.1) is 0 Å². The topological polar surface area (TPSA) is 51.8 Å². The first kappa shape index (κ1) is 10.3. The van der Waals surface area contributed by atoms with Gasteiger partial charge in [-0.1, -0.05) is 6.92 Å². The molecule has 0 amide bonds. The fourth-order valence-corrected chi connectivity index (χ4v) is 2.19. The summed E-state index contributed by atoms with van der Waals surface area (Å²) in [5, 5.41) is 3.08. The van der Waals surface area contributed by atoms with Crippen LogP contribution in [0.1, 0.15) is 18.5 Å². The molecule has 0 aliphatic rings. The van der Waals surface area contributed by atoms with Gasteiger partial charge in [0.05, 0.1) is 5.69 Å². The Labute approximate surface area is 93.0 Å². The van der Waals surface area contributed by atoms with E-state index in [1.165, 1.54) is 0 Å². The summed E-state index contributed by atoms with van der Waals surface area (Å²) in [5.74, 6) is 0.326. The van der Waals surface area contributed by atoms with Crippen molar-refractivity contribution in [2.24, 2.45) is 5.73 Å². The molecule has 0 aromatic carbocycles. The number of nitrogens with zero attached hydrogens (tertiary/aromatic N) is 2. The van der Waals surface area contributed by atoms with E-state index in [9.17, 15) is 0 Å². The van der Waals surface area contributed by atoms with E-state index in [1.54, 1.807) is 17.5 Å². The van der Waals surface area contributed by atoms with Crippen LogP contribution in [-0.4, -0.2) is 16.5 Å². The number of rotatable bonds is 3. The standard InChI is InChI=1S/C11H13N3S/c1-8(5-12)10-7-15-11(14-10)9-3-2-4-13-6-9/h2-4,6-8H,5,12H2,1H3. The first-order chi connectivity index (χ1) is 7.31. The van der Waals surface area contributed by atoms with Crippen LogP contribution in [0.2, 0.25) is 0 Å². The van der Waals surface area contributed by atoms with Crippen LogP contribution >= 0.6 is 11.3 Å². The van der Waals surface area contributed by atoms with Crippen molar-refractivity contribution in [3.8, 4) is 10.6 Å². The van der Waals surface area contributed by atoms with E-state index in [-0.39, 0.29) is 0 Å². The van der Waals surface area contributed by atoms with E-state index in [2.05, 4.69) is 22.3 Å². The second-order valence-corrected chi connectivity index (χ2v) is 4.31. The lowest BCUT2D eigenvalue weighted by atomic mass is 10.1. The smallest absolute Gasteiger partial charge is 0.125 e. The van der Waals surface area contributed by atoms with E-state index in [0.717, 1.165) is 16.3 Å². The average Bonchev–Trinajstić information content (AvgIpc) is 2.78. The van der Waals surface area contributed by atoms with Gasteiger partial charge < -0.3 is 5.73 Å². The summed E-state index contributed by atoms with van der Waals surface area (Å²) in [7, 11) is 0. The molecule has 0 aliphatic carbocycles. The van der Waals surface area contributed by atoms with Crippen molar-refractivity contribution >= 4 is 11.3 Å². The molecule has 0 spiro atoms. The van der Waals surface area contributed by atoms with Crippen LogP contribution < -0.4 is 5.73 Å². The van der Waals surface area contributed by atoms with Crippen LogP contribution in [0.25, 0.3) is 10.6 Å². The van der Waals surface area contributed by atoms with Gasteiger partial charge in [-0.15, -0.1) is 11.3 Å². The summed E-state index contributed by atoms with van der Waals surface area (Å²) in [5.41, 5.74) is 7.74. The highest BCUT2D eigenvalue weighted by molar-refractivity contribution is 7.13. The monoisotopic (exact) mass is 219 g/mol. The molecule has 78 valence electrons. The summed E-state index contributed by atoms with van der Waals surface area (Å²) >= 11 is 1.64. The fourth-order valence-electron chi connectivity index (χ4n) is 1.26. The molecule has 3 nitrogen and oxygen atoms in total. The summed E-state index contributed by atoms with van der Waals surface area (Å²) in [4.78, 5) is 8.63. The van der Waals surface area contributed by atoms with Crippen molar-refractivity contribution in [1.82, 2.24) is 9.97 Å². The molecule has 2 aromatic rings. The van der Waals surface area contributed by atoms with Crippen molar-refractivity contribution in [3.63, 3.8) is 0 Å². The van der Waals surface area contributed by atoms with Crippen LogP contribution in [0.3, 0.4) is 0 Å². The van der Waals surface area contributed by atoms with Gasteiger partial charge >= 0.3 is 0 Å². The number of aromatic nitrogens is 2. The molecule has 0 saturated heterocycles. The fraction of sp³-hybridized carbons (Fsp3) is 0.273. The van der Waals surface area contributed by atoms with Gasteiger partial charge in [-0.2, -0.15) is 0 Å². The third-order valence-electron chi connectivity index (χ3n) is 2.29. The molecular weight excluding hydrogens is 206 g/mol. The third-order valence-corrected chi connectivity index (χ3v) is 3.20. The first-order valence-corrected chi connectivity index (χ1v) is 5.75. The number of hydrogen-bond donors (Lipinski definition) is 1. The normalized spacial score (nSPS) is 12.7. The number of pyridine rings is 1. The average molecular weight is 219 g/mol. The van der Waals surface area contributed by atoms with Crippen LogP contribution in [0.5, 0.6) is 0 Å². The van der Waals surface area contributed by atoms with E-state index in [1.807, 2.05) is 18.3 Å². The molecule has 0 bridgehead atoms. The Morgan fingerprint density at radius 2 is 2.40 bits per heavy atom. The van der Waals surface area contributed by atoms with E-state index in [4.69, 9.17) is 5.73 Å². The molecule has 2 aromatic heterocycles. The Kier molecular flexibility index (Phi) is 3.08. The van der Waals surface area contributed by atoms with Gasteiger partial charge in [0.1, 0.15) is 5.01 Å². The van der Waals surface area contributed by atoms with E-state index >= 15 is 0 Å². The Bertz CT molecular complexity index is 424. The molecule has 1 unspecified atom stereocenters. The predicted octanol–water partition coefficient (Wildman–Crippen LogP) is 2.27. The zero-order valence-electron chi connectivity index (χ0n) is 8.55. The van der Waals surface area contributed by atoms with Crippen molar-refractivity contribution < 1.29 is 0 Å². The lowest BCUT2D eigenvalue weighted by Gasteiger charge is -2.02. The van der Waals surface area contributed by atoms with E-state index < -0.39 is 0 Å². The lowest BCUT2D eigenvalue weighted by Crippen LogP contribution is -2.08. The van der Waals surface area contributed by atoms with Crippen LogP contribution in [0.4, 0.5) is 0 Å². The molecule has 0 saturated carbocycles. The van der Waals surface area contributed by atoms with Gasteiger partial charge in [0.25, 0.3) is 0 Å². The zero-order chi connectivity index (χ0) is 10.7. The molecule has 2 heterocycles. The highest BCUT2D eigenvalue weighted by Crippen LogP contribution is 2.25. The van der Waals surface area contributed by atoms with Gasteiger partial charge in [-0.25, -0.2) is 4.98 Å². The van der Waals surface area contributed by atoms with Crippen LogP contribution in [0.15, 0.2) is 29.9 Å². The van der Waals surface area contributed by atoms with Gasteiger partial charge in [0, 0.05) is 35.8 Å². The highest BCUT2D eigenvalue weighted by Gasteiger charge is 2.09. The molecule has 0 aliphatic heterocycles. The number of hydrogen-bond acceptors (Lipinski definition) is 4. The van der Waals surface area contributed by atoms with Crippen molar-refractivity contribution in [3.05, 3.63) is 35.6 Å². The summed E-state index contributed by atoms with van der Waals surface area (Å²) in [6.07, 6.45) is 3.59. The van der Waals surface area contributed by atoms with Crippen LogP contribution in [-0.2, 0) is 0 Å². The van der Waals surface area contributed by atoms with Crippen molar-refractivity contribution in [2.45, 2.75) is 12.8 Å².